The summed E-state index contributed by atoms with van der Waals surface area (Å²) in [4.78, 5) is 16.5. The minimum atomic E-state index is -0.0594. The number of rotatable bonds is 14. The van der Waals surface area contributed by atoms with E-state index in [-0.39, 0.29) is 11.2 Å². The maximum Gasteiger partial charge on any atom is 0.305 e. The van der Waals surface area contributed by atoms with Gasteiger partial charge in [0.2, 0.25) is 0 Å². The van der Waals surface area contributed by atoms with Gasteiger partial charge in [0.1, 0.15) is 11.0 Å². The third kappa shape index (κ3) is 11.4. The molecule has 0 N–H and O–H groups in total. The van der Waals surface area contributed by atoms with E-state index in [0.29, 0.717) is 13.0 Å². The van der Waals surface area contributed by atoms with Crippen LogP contribution in [0.1, 0.15) is 76.7 Å². The Morgan fingerprint density at radius 2 is 1.76 bits per heavy atom. The second-order valence-corrected chi connectivity index (χ2v) is 10.5. The average molecular weight is 456 g/mol. The van der Waals surface area contributed by atoms with Crippen molar-refractivity contribution in [2.45, 2.75) is 82.1 Å². The van der Waals surface area contributed by atoms with Crippen molar-refractivity contribution in [1.29, 1.82) is 0 Å². The molecule has 0 amide bonds. The van der Waals surface area contributed by atoms with Gasteiger partial charge >= 0.3 is 5.97 Å². The summed E-state index contributed by atoms with van der Waals surface area (Å²) in [5.41, 5.74) is 1.23. The SMILES string of the molecule is CCCCCCCCCCCC(=O)OCC1CN=C(SCc2ccc(Cl)cc2)S1. The zero-order valence-electron chi connectivity index (χ0n) is 17.5. The molecule has 1 heterocycles. The van der Waals surface area contributed by atoms with Crippen molar-refractivity contribution >= 4 is 45.5 Å². The van der Waals surface area contributed by atoms with Gasteiger partial charge in [-0.05, 0) is 24.1 Å². The van der Waals surface area contributed by atoms with Crippen LogP contribution in [0.15, 0.2) is 29.3 Å². The van der Waals surface area contributed by atoms with Crippen LogP contribution in [-0.4, -0.2) is 28.7 Å². The lowest BCUT2D eigenvalue weighted by molar-refractivity contribution is -0.143. The predicted molar refractivity (Wildman–Crippen MR) is 129 cm³/mol. The number of aliphatic imine (C=N–C) groups is 1. The van der Waals surface area contributed by atoms with E-state index in [1.807, 2.05) is 24.3 Å². The van der Waals surface area contributed by atoms with Gasteiger partial charge in [0.05, 0.1) is 11.8 Å². The molecule has 0 radical (unpaired) electrons. The topological polar surface area (TPSA) is 38.7 Å². The van der Waals surface area contributed by atoms with Crippen LogP contribution >= 0.6 is 35.1 Å². The number of carbonyl (C=O) groups excluding carboxylic acids is 1. The van der Waals surface area contributed by atoms with Gasteiger partial charge in [-0.2, -0.15) is 0 Å². The van der Waals surface area contributed by atoms with Crippen LogP contribution in [0.3, 0.4) is 0 Å². The lowest BCUT2D eigenvalue weighted by atomic mass is 10.1. The Labute approximate surface area is 189 Å². The fourth-order valence-corrected chi connectivity index (χ4v) is 5.47. The van der Waals surface area contributed by atoms with Gasteiger partial charge in [0, 0.05) is 17.2 Å². The molecule has 1 aromatic rings. The van der Waals surface area contributed by atoms with Crippen molar-refractivity contribution < 1.29 is 9.53 Å². The van der Waals surface area contributed by atoms with E-state index < -0.39 is 0 Å². The van der Waals surface area contributed by atoms with Crippen LogP contribution in [0, 0.1) is 0 Å². The number of halogens is 1. The van der Waals surface area contributed by atoms with Gasteiger partial charge in [0.25, 0.3) is 0 Å². The number of carbonyl (C=O) groups is 1. The average Bonchev–Trinajstić information content (AvgIpc) is 3.18. The third-order valence-electron chi connectivity index (χ3n) is 4.88. The third-order valence-corrected chi connectivity index (χ3v) is 7.58. The fourth-order valence-electron chi connectivity index (χ4n) is 3.12. The molecule has 0 fully saturated rings. The van der Waals surface area contributed by atoms with Gasteiger partial charge < -0.3 is 4.74 Å². The number of thioether (sulfide) groups is 2. The summed E-state index contributed by atoms with van der Waals surface area (Å²) in [5.74, 6) is 0.824. The van der Waals surface area contributed by atoms with E-state index in [0.717, 1.165) is 34.5 Å². The van der Waals surface area contributed by atoms with Crippen LogP contribution in [0.5, 0.6) is 0 Å². The number of ether oxygens (including phenoxy) is 1. The summed E-state index contributed by atoms with van der Waals surface area (Å²) in [6, 6.07) is 7.91. The quantitative estimate of drug-likeness (QED) is 0.215. The molecule has 0 saturated heterocycles. The second kappa shape index (κ2) is 15.2. The van der Waals surface area contributed by atoms with E-state index in [4.69, 9.17) is 16.3 Å². The molecule has 6 heteroatoms. The van der Waals surface area contributed by atoms with Gasteiger partial charge in [-0.3, -0.25) is 9.79 Å². The monoisotopic (exact) mass is 455 g/mol. The molecule has 1 aliphatic heterocycles. The summed E-state index contributed by atoms with van der Waals surface area (Å²) in [6.07, 6.45) is 11.9. The summed E-state index contributed by atoms with van der Waals surface area (Å²) < 4.78 is 6.55. The first-order chi connectivity index (χ1) is 14.2. The van der Waals surface area contributed by atoms with Crippen LogP contribution < -0.4 is 0 Å². The summed E-state index contributed by atoms with van der Waals surface area (Å²) in [7, 11) is 0. The van der Waals surface area contributed by atoms with Crippen molar-refractivity contribution in [2.24, 2.45) is 4.99 Å². The lowest BCUT2D eigenvalue weighted by Gasteiger charge is -2.09. The maximum atomic E-state index is 11.9. The van der Waals surface area contributed by atoms with Crippen molar-refractivity contribution in [1.82, 2.24) is 0 Å². The fraction of sp³-hybridized carbons (Fsp3) is 0.652. The number of hydrogen-bond donors (Lipinski definition) is 0. The first-order valence-corrected chi connectivity index (χ1v) is 13.2. The molecule has 0 aromatic heterocycles. The van der Waals surface area contributed by atoms with Crippen LogP contribution in [0.2, 0.25) is 5.02 Å². The van der Waals surface area contributed by atoms with E-state index in [9.17, 15) is 4.79 Å². The molecule has 1 unspecified atom stereocenters. The Balaban J connectivity index is 1.45. The molecule has 1 atom stereocenters. The molecule has 1 aromatic carbocycles. The number of nitrogens with zero attached hydrogens (tertiary/aromatic N) is 1. The van der Waals surface area contributed by atoms with Crippen LogP contribution in [0.4, 0.5) is 0 Å². The zero-order valence-corrected chi connectivity index (χ0v) is 19.9. The number of hydrogen-bond acceptors (Lipinski definition) is 5. The van der Waals surface area contributed by atoms with Crippen LogP contribution in [0.25, 0.3) is 0 Å². The summed E-state index contributed by atoms with van der Waals surface area (Å²) >= 11 is 9.38. The van der Waals surface area contributed by atoms with Crippen molar-refractivity contribution in [3.63, 3.8) is 0 Å². The number of benzene rings is 1. The Morgan fingerprint density at radius 1 is 1.10 bits per heavy atom. The first kappa shape index (κ1) is 24.6. The maximum absolute atomic E-state index is 11.9. The molecule has 162 valence electrons. The van der Waals surface area contributed by atoms with Crippen molar-refractivity contribution in [3.05, 3.63) is 34.9 Å². The Morgan fingerprint density at radius 3 is 2.45 bits per heavy atom. The van der Waals surface area contributed by atoms with Gasteiger partial charge in [-0.25, -0.2) is 0 Å². The molecule has 29 heavy (non-hydrogen) atoms. The van der Waals surface area contributed by atoms with E-state index in [2.05, 4.69) is 11.9 Å². The molecule has 0 saturated carbocycles. The Kier molecular flexibility index (Phi) is 12.9. The lowest BCUT2D eigenvalue weighted by Crippen LogP contribution is -2.16. The normalized spacial score (nSPS) is 16.1. The van der Waals surface area contributed by atoms with E-state index in [1.54, 1.807) is 23.5 Å². The van der Waals surface area contributed by atoms with Crippen LogP contribution in [-0.2, 0) is 15.3 Å². The smallest absolute Gasteiger partial charge is 0.305 e. The zero-order chi connectivity index (χ0) is 20.7. The molecule has 3 nitrogen and oxygen atoms in total. The molecular formula is C23H34ClNO2S2. The highest BCUT2D eigenvalue weighted by Crippen LogP contribution is 2.30. The Bertz CT molecular complexity index is 622. The standard InChI is InChI=1S/C23H34ClNO2S2/c1-2-3-4-5-6-7-8-9-10-11-22(26)27-17-21-16-25-23(29-21)28-18-19-12-14-20(24)15-13-19/h12-15,21H,2-11,16-18H2,1H3. The predicted octanol–water partition coefficient (Wildman–Crippen LogP) is 7.51. The highest BCUT2D eigenvalue weighted by molar-refractivity contribution is 8.39. The first-order valence-electron chi connectivity index (χ1n) is 10.9. The van der Waals surface area contributed by atoms with Gasteiger partial charge in [0.15, 0.2) is 0 Å². The number of unbranched alkanes of at least 4 members (excludes halogenated alkanes) is 8. The van der Waals surface area contributed by atoms with Crippen molar-refractivity contribution in [2.75, 3.05) is 13.2 Å². The summed E-state index contributed by atoms with van der Waals surface area (Å²) in [6.45, 7) is 3.45. The van der Waals surface area contributed by atoms with Gasteiger partial charge in [-0.1, -0.05) is 106 Å². The van der Waals surface area contributed by atoms with E-state index >= 15 is 0 Å². The molecular weight excluding hydrogens is 422 g/mol. The molecule has 1 aliphatic rings. The number of esters is 1. The molecule has 2 rings (SSSR count). The molecule has 0 spiro atoms. The highest BCUT2D eigenvalue weighted by atomic mass is 35.5. The minimum absolute atomic E-state index is 0.0594. The largest absolute Gasteiger partial charge is 0.464 e. The van der Waals surface area contributed by atoms with Crippen molar-refractivity contribution in [3.8, 4) is 0 Å². The Hall–Kier alpha value is -0.650. The second-order valence-electron chi connectivity index (χ2n) is 7.52. The summed E-state index contributed by atoms with van der Waals surface area (Å²) in [5, 5.41) is 1.02. The molecule has 0 bridgehead atoms. The van der Waals surface area contributed by atoms with E-state index in [1.165, 1.54) is 50.5 Å². The minimum Gasteiger partial charge on any atom is -0.464 e. The van der Waals surface area contributed by atoms with Gasteiger partial charge in [-0.15, -0.1) is 0 Å². The highest BCUT2D eigenvalue weighted by Gasteiger charge is 2.21. The molecule has 0 aliphatic carbocycles.